The summed E-state index contributed by atoms with van der Waals surface area (Å²) in [4.78, 5) is 12.3. The highest BCUT2D eigenvalue weighted by molar-refractivity contribution is 6.30. The summed E-state index contributed by atoms with van der Waals surface area (Å²) >= 11 is 5.82. The van der Waals surface area contributed by atoms with Gasteiger partial charge < -0.3 is 9.88 Å². The molecule has 3 aromatic rings. The largest absolute Gasteiger partial charge is 0.347 e. The normalized spacial score (nSPS) is 10.9. The molecule has 0 atom stereocenters. The van der Waals surface area contributed by atoms with Crippen molar-refractivity contribution >= 4 is 28.4 Å². The summed E-state index contributed by atoms with van der Waals surface area (Å²) in [6.45, 7) is 0.389. The van der Waals surface area contributed by atoms with Crippen LogP contribution in [-0.4, -0.2) is 10.5 Å². The molecule has 0 aliphatic heterocycles. The summed E-state index contributed by atoms with van der Waals surface area (Å²) in [5.41, 5.74) is 2.06. The summed E-state index contributed by atoms with van der Waals surface area (Å²) in [5, 5.41) is 3.93. The van der Waals surface area contributed by atoms with E-state index >= 15 is 0 Å². The Labute approximate surface area is 132 Å². The summed E-state index contributed by atoms with van der Waals surface area (Å²) < 4.78 is 15.5. The minimum absolute atomic E-state index is 0.243. The Bertz CT molecular complexity index is 840. The van der Waals surface area contributed by atoms with Gasteiger partial charge in [-0.25, -0.2) is 4.39 Å². The van der Waals surface area contributed by atoms with E-state index < -0.39 is 0 Å². The van der Waals surface area contributed by atoms with Crippen molar-refractivity contribution in [3.8, 4) is 0 Å². The van der Waals surface area contributed by atoms with Crippen molar-refractivity contribution in [3.63, 3.8) is 0 Å². The Morgan fingerprint density at radius 3 is 2.64 bits per heavy atom. The van der Waals surface area contributed by atoms with Crippen molar-refractivity contribution in [3.05, 3.63) is 70.6 Å². The lowest BCUT2D eigenvalue weighted by Crippen LogP contribution is -2.24. The van der Waals surface area contributed by atoms with E-state index in [-0.39, 0.29) is 11.7 Å². The molecule has 0 saturated carbocycles. The van der Waals surface area contributed by atoms with Gasteiger partial charge in [-0.15, -0.1) is 0 Å². The molecule has 1 N–H and O–H groups in total. The fraction of sp³-hybridized carbons (Fsp3) is 0.118. The molecule has 0 unspecified atom stereocenters. The number of halogens is 2. The number of aromatic nitrogens is 1. The first-order chi connectivity index (χ1) is 10.6. The zero-order valence-corrected chi connectivity index (χ0v) is 12.7. The van der Waals surface area contributed by atoms with E-state index in [4.69, 9.17) is 11.6 Å². The topological polar surface area (TPSA) is 34.0 Å². The number of nitrogens with zero attached hydrogens (tertiary/aromatic N) is 1. The molecule has 2 aromatic carbocycles. The molecule has 1 heterocycles. The molecule has 3 nitrogen and oxygen atoms in total. The summed E-state index contributed by atoms with van der Waals surface area (Å²) in [7, 11) is 1.75. The van der Waals surface area contributed by atoms with Gasteiger partial charge in [0.05, 0.1) is 5.52 Å². The molecule has 1 amide bonds. The summed E-state index contributed by atoms with van der Waals surface area (Å²) in [5.74, 6) is -0.571. The number of carbonyl (C=O) groups excluding carboxylic acids is 1. The third-order valence-electron chi connectivity index (χ3n) is 3.63. The van der Waals surface area contributed by atoms with Gasteiger partial charge in [0.1, 0.15) is 11.5 Å². The Kier molecular flexibility index (Phi) is 3.86. The monoisotopic (exact) mass is 316 g/mol. The molecule has 0 aliphatic rings. The van der Waals surface area contributed by atoms with E-state index in [1.54, 1.807) is 41.9 Å². The third-order valence-corrected chi connectivity index (χ3v) is 3.88. The van der Waals surface area contributed by atoms with Gasteiger partial charge >= 0.3 is 0 Å². The Morgan fingerprint density at radius 1 is 1.23 bits per heavy atom. The van der Waals surface area contributed by atoms with Crippen LogP contribution in [0, 0.1) is 5.82 Å². The first-order valence-electron chi connectivity index (χ1n) is 6.83. The minimum Gasteiger partial charge on any atom is -0.347 e. The molecule has 0 aliphatic carbocycles. The van der Waals surface area contributed by atoms with Crippen LogP contribution in [-0.2, 0) is 13.6 Å². The highest BCUT2D eigenvalue weighted by Gasteiger charge is 2.14. The van der Waals surface area contributed by atoms with Crippen LogP contribution >= 0.6 is 11.6 Å². The van der Waals surface area contributed by atoms with Crippen LogP contribution in [0.4, 0.5) is 4.39 Å². The third kappa shape index (κ3) is 2.70. The lowest BCUT2D eigenvalue weighted by Gasteiger charge is -2.07. The maximum absolute atomic E-state index is 13.8. The molecule has 22 heavy (non-hydrogen) atoms. The quantitative estimate of drug-likeness (QED) is 0.781. The predicted molar refractivity (Wildman–Crippen MR) is 85.5 cm³/mol. The molecule has 5 heteroatoms. The van der Waals surface area contributed by atoms with E-state index in [1.165, 1.54) is 6.07 Å². The van der Waals surface area contributed by atoms with Crippen LogP contribution in [0.3, 0.4) is 0 Å². The Morgan fingerprint density at radius 2 is 1.95 bits per heavy atom. The van der Waals surface area contributed by atoms with E-state index in [0.717, 1.165) is 5.56 Å². The molecule has 0 spiro atoms. The second-order valence-electron chi connectivity index (χ2n) is 5.07. The van der Waals surface area contributed by atoms with Crippen LogP contribution in [0.5, 0.6) is 0 Å². The van der Waals surface area contributed by atoms with Gasteiger partial charge in [0.25, 0.3) is 5.91 Å². The second-order valence-corrected chi connectivity index (χ2v) is 5.51. The lowest BCUT2D eigenvalue weighted by molar-refractivity contribution is 0.0943. The Balaban J connectivity index is 1.82. The van der Waals surface area contributed by atoms with Crippen LogP contribution in [0.1, 0.15) is 16.1 Å². The van der Waals surface area contributed by atoms with E-state index in [0.29, 0.717) is 28.2 Å². The maximum Gasteiger partial charge on any atom is 0.268 e. The maximum atomic E-state index is 13.8. The average Bonchev–Trinajstić information content (AvgIpc) is 2.85. The van der Waals surface area contributed by atoms with Crippen molar-refractivity contribution in [2.24, 2.45) is 7.05 Å². The molecule has 1 aromatic heterocycles. The van der Waals surface area contributed by atoms with E-state index in [2.05, 4.69) is 5.32 Å². The first kappa shape index (κ1) is 14.6. The van der Waals surface area contributed by atoms with Crippen LogP contribution < -0.4 is 5.32 Å². The molecular formula is C17H14ClFN2O. The van der Waals surface area contributed by atoms with Crippen molar-refractivity contribution in [2.45, 2.75) is 6.54 Å². The number of amides is 1. The number of rotatable bonds is 3. The first-order valence-corrected chi connectivity index (χ1v) is 7.20. The number of fused-ring (bicyclic) bond motifs is 1. The van der Waals surface area contributed by atoms with Crippen LogP contribution in [0.15, 0.2) is 48.5 Å². The highest BCUT2D eigenvalue weighted by Crippen LogP contribution is 2.21. The van der Waals surface area contributed by atoms with Gasteiger partial charge in [-0.3, -0.25) is 4.79 Å². The van der Waals surface area contributed by atoms with Crippen molar-refractivity contribution in [1.29, 1.82) is 0 Å². The van der Waals surface area contributed by atoms with Gasteiger partial charge in [-0.2, -0.15) is 0 Å². The molecular weight excluding hydrogens is 303 g/mol. The SMILES string of the molecule is Cn1c(C(=O)NCc2ccc(Cl)cc2)cc2c(F)cccc21. The zero-order valence-electron chi connectivity index (χ0n) is 11.9. The highest BCUT2D eigenvalue weighted by atomic mass is 35.5. The number of aryl methyl sites for hydroxylation is 1. The van der Waals surface area contributed by atoms with Gasteiger partial charge in [-0.05, 0) is 35.9 Å². The molecule has 0 bridgehead atoms. The average molecular weight is 317 g/mol. The molecule has 0 radical (unpaired) electrons. The predicted octanol–water partition coefficient (Wildman–Crippen LogP) is 3.90. The van der Waals surface area contributed by atoms with Crippen molar-refractivity contribution in [1.82, 2.24) is 9.88 Å². The molecule has 0 fully saturated rings. The van der Waals surface area contributed by atoms with Gasteiger partial charge in [0.2, 0.25) is 0 Å². The van der Waals surface area contributed by atoms with Crippen LogP contribution in [0.25, 0.3) is 10.9 Å². The standard InChI is InChI=1S/C17H14ClFN2O/c1-21-15-4-2-3-14(19)13(15)9-16(21)17(22)20-10-11-5-7-12(18)8-6-11/h2-9H,10H2,1H3,(H,20,22). The van der Waals surface area contributed by atoms with Crippen molar-refractivity contribution in [2.75, 3.05) is 0 Å². The van der Waals surface area contributed by atoms with Gasteiger partial charge in [0, 0.05) is 24.0 Å². The summed E-state index contributed by atoms with van der Waals surface area (Å²) in [6.07, 6.45) is 0. The number of hydrogen-bond donors (Lipinski definition) is 1. The zero-order chi connectivity index (χ0) is 15.7. The minimum atomic E-state index is -0.329. The van der Waals surface area contributed by atoms with E-state index in [9.17, 15) is 9.18 Å². The fourth-order valence-corrected chi connectivity index (χ4v) is 2.54. The molecule has 112 valence electrons. The van der Waals surface area contributed by atoms with Gasteiger partial charge in [-0.1, -0.05) is 29.8 Å². The van der Waals surface area contributed by atoms with E-state index in [1.807, 2.05) is 12.1 Å². The number of hydrogen-bond acceptors (Lipinski definition) is 1. The summed E-state index contributed by atoms with van der Waals surface area (Å²) in [6, 6.07) is 13.6. The smallest absolute Gasteiger partial charge is 0.268 e. The lowest BCUT2D eigenvalue weighted by atomic mass is 10.2. The number of benzene rings is 2. The molecule has 0 saturated heterocycles. The van der Waals surface area contributed by atoms with Crippen molar-refractivity contribution < 1.29 is 9.18 Å². The fourth-order valence-electron chi connectivity index (χ4n) is 2.42. The number of carbonyl (C=O) groups is 1. The number of nitrogens with one attached hydrogen (secondary N) is 1. The second kappa shape index (κ2) is 5.81. The van der Waals surface area contributed by atoms with Crippen LogP contribution in [0.2, 0.25) is 5.02 Å². The van der Waals surface area contributed by atoms with Gasteiger partial charge in [0.15, 0.2) is 0 Å². The Hall–Kier alpha value is -2.33. The molecule has 3 rings (SSSR count).